The molecular formula is C23H24N2O3. The molecule has 3 aliphatic rings. The number of carbonyl (C=O) groups excluding carboxylic acids is 1. The first-order valence-electron chi connectivity index (χ1n) is 9.68. The zero-order valence-electron chi connectivity index (χ0n) is 15.7. The minimum absolute atomic E-state index is 0.274. The number of terminal acetylenes is 1. The van der Waals surface area contributed by atoms with Crippen molar-refractivity contribution < 1.29 is 14.3 Å². The van der Waals surface area contributed by atoms with Crippen molar-refractivity contribution in [3.05, 3.63) is 54.6 Å². The summed E-state index contributed by atoms with van der Waals surface area (Å²) in [4.78, 5) is 14.5. The molecule has 5 heteroatoms. The summed E-state index contributed by atoms with van der Waals surface area (Å²) in [6.45, 7) is 2.36. The number of nitrogens with zero attached hydrogens (tertiary/aromatic N) is 1. The average molecular weight is 376 g/mol. The second-order valence-corrected chi connectivity index (χ2v) is 7.37. The summed E-state index contributed by atoms with van der Waals surface area (Å²) in [5.41, 5.74) is 0.670. The highest BCUT2D eigenvalue weighted by Gasteiger charge is 2.39. The third kappa shape index (κ3) is 4.29. The first-order valence-corrected chi connectivity index (χ1v) is 9.68. The lowest BCUT2D eigenvalue weighted by molar-refractivity contribution is -0.00665. The summed E-state index contributed by atoms with van der Waals surface area (Å²) in [6, 6.07) is 17.1. The smallest absolute Gasteiger partial charge is 0.411 e. The Balaban J connectivity index is 1.25. The van der Waals surface area contributed by atoms with Crippen LogP contribution >= 0.6 is 0 Å². The Kier molecular flexibility index (Phi) is 5.50. The lowest BCUT2D eigenvalue weighted by atomic mass is 9.76. The number of fused-ring (bicyclic) bond motifs is 3. The van der Waals surface area contributed by atoms with Crippen LogP contribution in [0.1, 0.15) is 12.8 Å². The number of anilines is 1. The number of piperidine rings is 3. The van der Waals surface area contributed by atoms with Crippen molar-refractivity contribution in [2.24, 2.45) is 11.8 Å². The molecule has 3 fully saturated rings. The molecule has 0 saturated carbocycles. The minimum Gasteiger partial charge on any atom is -0.457 e. The van der Waals surface area contributed by atoms with Crippen LogP contribution < -0.4 is 10.1 Å². The maximum atomic E-state index is 12.1. The van der Waals surface area contributed by atoms with Gasteiger partial charge in [-0.2, -0.15) is 0 Å². The molecule has 3 heterocycles. The summed E-state index contributed by atoms with van der Waals surface area (Å²) >= 11 is 0. The molecule has 0 spiro atoms. The van der Waals surface area contributed by atoms with Gasteiger partial charge in [0.2, 0.25) is 0 Å². The molecule has 2 bridgehead atoms. The van der Waals surface area contributed by atoms with E-state index in [4.69, 9.17) is 15.9 Å². The van der Waals surface area contributed by atoms with Crippen LogP contribution in [0.5, 0.6) is 11.5 Å². The molecule has 1 N–H and O–H groups in total. The third-order valence-corrected chi connectivity index (χ3v) is 5.58. The lowest BCUT2D eigenvalue weighted by Crippen LogP contribution is -2.54. The molecule has 28 heavy (non-hydrogen) atoms. The van der Waals surface area contributed by atoms with Crippen molar-refractivity contribution in [3.63, 3.8) is 0 Å². The minimum atomic E-state index is -0.437. The zero-order chi connectivity index (χ0) is 19.3. The van der Waals surface area contributed by atoms with Crippen LogP contribution in [0.4, 0.5) is 10.5 Å². The molecule has 4 atom stereocenters. The topological polar surface area (TPSA) is 50.8 Å². The van der Waals surface area contributed by atoms with Crippen molar-refractivity contribution in [1.29, 1.82) is 0 Å². The van der Waals surface area contributed by atoms with Gasteiger partial charge in [0.1, 0.15) is 18.1 Å². The van der Waals surface area contributed by atoms with E-state index in [-0.39, 0.29) is 6.04 Å². The molecular weight excluding hydrogens is 352 g/mol. The van der Waals surface area contributed by atoms with Crippen LogP contribution in [0.3, 0.4) is 0 Å². The number of carbonyl (C=O) groups is 1. The van der Waals surface area contributed by atoms with E-state index >= 15 is 0 Å². The van der Waals surface area contributed by atoms with Gasteiger partial charge in [-0.15, -0.1) is 12.3 Å². The van der Waals surface area contributed by atoms with Gasteiger partial charge < -0.3 is 9.47 Å². The Morgan fingerprint density at radius 3 is 2.57 bits per heavy atom. The molecule has 3 saturated heterocycles. The average Bonchev–Trinajstić information content (AvgIpc) is 2.75. The summed E-state index contributed by atoms with van der Waals surface area (Å²) in [5.74, 6) is 5.28. The van der Waals surface area contributed by atoms with E-state index in [1.165, 1.54) is 0 Å². The fourth-order valence-electron chi connectivity index (χ4n) is 4.06. The largest absolute Gasteiger partial charge is 0.457 e. The van der Waals surface area contributed by atoms with E-state index in [1.807, 2.05) is 42.5 Å². The van der Waals surface area contributed by atoms with Crippen molar-refractivity contribution in [2.45, 2.75) is 18.9 Å². The Bertz CT molecular complexity index is 844. The Morgan fingerprint density at radius 1 is 1.14 bits per heavy atom. The maximum Gasteiger partial charge on any atom is 0.411 e. The van der Waals surface area contributed by atoms with Crippen LogP contribution in [-0.4, -0.2) is 36.7 Å². The molecule has 0 aliphatic carbocycles. The maximum absolute atomic E-state index is 12.1. The van der Waals surface area contributed by atoms with E-state index in [1.54, 1.807) is 12.1 Å². The molecule has 2 aromatic rings. The summed E-state index contributed by atoms with van der Waals surface area (Å²) in [7, 11) is 0. The quantitative estimate of drug-likeness (QED) is 0.788. The van der Waals surface area contributed by atoms with E-state index in [9.17, 15) is 4.79 Å². The molecule has 3 aliphatic heterocycles. The predicted molar refractivity (Wildman–Crippen MR) is 108 cm³/mol. The van der Waals surface area contributed by atoms with Crippen LogP contribution in [0, 0.1) is 24.2 Å². The molecule has 144 valence electrons. The van der Waals surface area contributed by atoms with Gasteiger partial charge in [-0.25, -0.2) is 4.79 Å². The van der Waals surface area contributed by atoms with Crippen molar-refractivity contribution in [2.75, 3.05) is 25.0 Å². The van der Waals surface area contributed by atoms with E-state index in [2.05, 4.69) is 16.1 Å². The first-order chi connectivity index (χ1) is 13.7. The molecule has 1 amide bonds. The van der Waals surface area contributed by atoms with Gasteiger partial charge in [0.15, 0.2) is 0 Å². The Morgan fingerprint density at radius 2 is 1.89 bits per heavy atom. The molecule has 5 rings (SSSR count). The number of para-hydroxylation sites is 1. The van der Waals surface area contributed by atoms with Gasteiger partial charge in [0, 0.05) is 24.2 Å². The van der Waals surface area contributed by atoms with E-state index in [0.717, 1.165) is 31.7 Å². The first kappa shape index (κ1) is 18.4. The monoisotopic (exact) mass is 376 g/mol. The van der Waals surface area contributed by atoms with Gasteiger partial charge in [-0.3, -0.25) is 10.2 Å². The van der Waals surface area contributed by atoms with Crippen molar-refractivity contribution >= 4 is 11.8 Å². The number of amides is 1. The van der Waals surface area contributed by atoms with Crippen molar-refractivity contribution in [3.8, 4) is 23.8 Å². The normalized spacial score (nSPS) is 25.5. The van der Waals surface area contributed by atoms with E-state index in [0.29, 0.717) is 29.9 Å². The standard InChI is InChI=1S/C23H24N2O3/c1-2-17-15-25-13-12-18(17)14-20(25)16-27-23(26)24-19-8-10-22(11-9-19)28-21-6-4-3-5-7-21/h1,3-11,17-18,20H,12-16H2,(H,24,26)/t17-,18+,20-/m1/s1. The fraction of sp³-hybridized carbons (Fsp3) is 0.348. The van der Waals surface area contributed by atoms with Gasteiger partial charge in [0.25, 0.3) is 0 Å². The zero-order valence-corrected chi connectivity index (χ0v) is 15.7. The van der Waals surface area contributed by atoms with Gasteiger partial charge in [0.05, 0.1) is 0 Å². The number of nitrogens with one attached hydrogen (secondary N) is 1. The number of hydrogen-bond donors (Lipinski definition) is 1. The van der Waals surface area contributed by atoms with Gasteiger partial charge in [-0.05, 0) is 61.7 Å². The Labute approximate surface area is 165 Å². The van der Waals surface area contributed by atoms with Crippen LogP contribution in [0.2, 0.25) is 0 Å². The molecule has 1 unspecified atom stereocenters. The van der Waals surface area contributed by atoms with Crippen molar-refractivity contribution in [1.82, 2.24) is 4.90 Å². The second kappa shape index (κ2) is 8.37. The summed E-state index contributed by atoms with van der Waals surface area (Å²) in [6.07, 6.45) is 7.33. The highest BCUT2D eigenvalue weighted by molar-refractivity contribution is 5.84. The highest BCUT2D eigenvalue weighted by atomic mass is 16.5. The number of ether oxygens (including phenoxy) is 2. The van der Waals surface area contributed by atoms with Gasteiger partial charge >= 0.3 is 6.09 Å². The number of benzene rings is 2. The number of hydrogen-bond acceptors (Lipinski definition) is 4. The molecule has 2 aromatic carbocycles. The molecule has 0 aromatic heterocycles. The second-order valence-electron chi connectivity index (χ2n) is 7.37. The molecule has 5 nitrogen and oxygen atoms in total. The number of rotatable bonds is 5. The van der Waals surface area contributed by atoms with Crippen LogP contribution in [0.15, 0.2) is 54.6 Å². The van der Waals surface area contributed by atoms with Crippen LogP contribution in [0.25, 0.3) is 0 Å². The van der Waals surface area contributed by atoms with E-state index < -0.39 is 6.09 Å². The lowest BCUT2D eigenvalue weighted by Gasteiger charge is -2.48. The predicted octanol–water partition coefficient (Wildman–Crippen LogP) is 4.37. The Hall–Kier alpha value is -2.97. The SMILES string of the molecule is C#C[C@@H]1CN2CC[C@H]1C[C@@H]2COC(=O)Nc1ccc(Oc2ccccc2)cc1. The summed E-state index contributed by atoms with van der Waals surface area (Å²) in [5, 5.41) is 2.77. The molecule has 0 radical (unpaired) electrons. The van der Waals surface area contributed by atoms with Gasteiger partial charge in [-0.1, -0.05) is 18.2 Å². The third-order valence-electron chi connectivity index (χ3n) is 5.58. The highest BCUT2D eigenvalue weighted by Crippen LogP contribution is 2.35. The van der Waals surface area contributed by atoms with Crippen LogP contribution in [-0.2, 0) is 4.74 Å². The fourth-order valence-corrected chi connectivity index (χ4v) is 4.06. The summed E-state index contributed by atoms with van der Waals surface area (Å²) < 4.78 is 11.2.